The van der Waals surface area contributed by atoms with Gasteiger partial charge < -0.3 is 40.5 Å². The standard InChI is InChI=1S/C11H19N6O12P3/c1-25-5-2-7(17-4-14-8-9(12)15-11(13)16-10(8)17)27-6(5)3-26-31(21,22)29-32(23,24)28-30(18,19)20/h4-7H,2-3H2,1H3,(H,21,22)(H,23,24)(H2,18,19,20)(H4,12,13,15,16)/t5-,6+,7+/m0/s1. The number of hydrogen-bond acceptors (Lipinski definition) is 13. The van der Waals surface area contributed by atoms with Crippen LogP contribution >= 0.6 is 23.5 Å². The van der Waals surface area contributed by atoms with Crippen molar-refractivity contribution in [3.05, 3.63) is 6.33 Å². The lowest BCUT2D eigenvalue weighted by Crippen LogP contribution is -2.27. The molecule has 0 aromatic carbocycles. The molecule has 1 fully saturated rings. The highest BCUT2D eigenvalue weighted by atomic mass is 31.3. The first-order chi connectivity index (χ1) is 14.7. The summed E-state index contributed by atoms with van der Waals surface area (Å²) < 4.78 is 58.4. The minimum Gasteiger partial charge on any atom is -0.382 e. The Morgan fingerprint density at radius 2 is 1.84 bits per heavy atom. The summed E-state index contributed by atoms with van der Waals surface area (Å²) in [6.45, 7) is -0.676. The van der Waals surface area contributed by atoms with Crippen molar-refractivity contribution in [2.75, 3.05) is 25.2 Å². The number of rotatable bonds is 9. The van der Waals surface area contributed by atoms with Crippen LogP contribution in [0.2, 0.25) is 0 Å². The van der Waals surface area contributed by atoms with Crippen molar-refractivity contribution in [2.45, 2.75) is 24.9 Å². The number of methoxy groups -OCH3 is 1. The first kappa shape index (κ1) is 25.1. The molecule has 3 heterocycles. The fraction of sp³-hybridized carbons (Fsp3) is 0.545. The summed E-state index contributed by atoms with van der Waals surface area (Å²) in [5.41, 5.74) is 11.9. The van der Waals surface area contributed by atoms with Crippen molar-refractivity contribution in [3.63, 3.8) is 0 Å². The number of hydrogen-bond donors (Lipinski definition) is 6. The number of imidazole rings is 1. The molecule has 0 aliphatic carbocycles. The summed E-state index contributed by atoms with van der Waals surface area (Å²) >= 11 is 0. The van der Waals surface area contributed by atoms with Gasteiger partial charge in [-0.25, -0.2) is 18.7 Å². The zero-order valence-corrected chi connectivity index (χ0v) is 18.7. The molecule has 0 amide bonds. The van der Waals surface area contributed by atoms with Crippen LogP contribution in [0.15, 0.2) is 6.33 Å². The Morgan fingerprint density at radius 1 is 1.16 bits per heavy atom. The van der Waals surface area contributed by atoms with Crippen LogP contribution in [0, 0.1) is 0 Å². The van der Waals surface area contributed by atoms with Crippen molar-refractivity contribution in [2.24, 2.45) is 0 Å². The summed E-state index contributed by atoms with van der Waals surface area (Å²) in [5.74, 6) is -0.0426. The molecular formula is C11H19N6O12P3. The second-order valence-corrected chi connectivity index (χ2v) is 10.7. The number of phosphoric acid groups is 3. The van der Waals surface area contributed by atoms with E-state index in [9.17, 15) is 23.5 Å². The van der Waals surface area contributed by atoms with Gasteiger partial charge in [0.25, 0.3) is 0 Å². The van der Waals surface area contributed by atoms with Crippen LogP contribution in [-0.2, 0) is 36.3 Å². The van der Waals surface area contributed by atoms with E-state index in [0.717, 1.165) is 0 Å². The molecule has 2 aromatic rings. The molecule has 1 aliphatic heterocycles. The molecule has 0 bridgehead atoms. The Bertz CT molecular complexity index is 1140. The lowest BCUT2D eigenvalue weighted by atomic mass is 10.2. The van der Waals surface area contributed by atoms with Crippen LogP contribution in [0.4, 0.5) is 11.8 Å². The molecule has 0 saturated carbocycles. The number of fused-ring (bicyclic) bond motifs is 1. The normalized spacial score (nSPS) is 25.6. The third-order valence-corrected chi connectivity index (χ3v) is 7.88. The van der Waals surface area contributed by atoms with Crippen molar-refractivity contribution in [1.29, 1.82) is 0 Å². The van der Waals surface area contributed by atoms with E-state index < -0.39 is 48.5 Å². The number of nitrogen functional groups attached to an aromatic ring is 2. The van der Waals surface area contributed by atoms with E-state index in [1.54, 1.807) is 0 Å². The Hall–Kier alpha value is -1.52. The van der Waals surface area contributed by atoms with Gasteiger partial charge in [-0.2, -0.15) is 18.6 Å². The number of phosphoric ester groups is 1. The van der Waals surface area contributed by atoms with Crippen LogP contribution in [0.3, 0.4) is 0 Å². The smallest absolute Gasteiger partial charge is 0.382 e. The average molecular weight is 520 g/mol. The van der Waals surface area contributed by atoms with E-state index in [0.29, 0.717) is 0 Å². The van der Waals surface area contributed by atoms with Gasteiger partial charge in [0.05, 0.1) is 19.0 Å². The minimum absolute atomic E-state index is 0.0525. The molecule has 180 valence electrons. The van der Waals surface area contributed by atoms with Gasteiger partial charge in [0.2, 0.25) is 5.95 Å². The first-order valence-electron chi connectivity index (χ1n) is 8.42. The van der Waals surface area contributed by atoms with Crippen molar-refractivity contribution in [3.8, 4) is 0 Å². The summed E-state index contributed by atoms with van der Waals surface area (Å²) in [7, 11) is -15.1. The van der Waals surface area contributed by atoms with Gasteiger partial charge in [-0.05, 0) is 0 Å². The fourth-order valence-corrected chi connectivity index (χ4v) is 5.94. The lowest BCUT2D eigenvalue weighted by Gasteiger charge is -2.20. The van der Waals surface area contributed by atoms with E-state index in [1.165, 1.54) is 18.0 Å². The fourth-order valence-electron chi connectivity index (χ4n) is 2.91. The Morgan fingerprint density at radius 3 is 2.47 bits per heavy atom. The van der Waals surface area contributed by atoms with Crippen molar-refractivity contribution in [1.82, 2.24) is 19.5 Å². The average Bonchev–Trinajstić information content (AvgIpc) is 3.20. The van der Waals surface area contributed by atoms with Gasteiger partial charge in [0.15, 0.2) is 11.5 Å². The van der Waals surface area contributed by atoms with E-state index in [-0.39, 0.29) is 29.4 Å². The predicted molar refractivity (Wildman–Crippen MR) is 103 cm³/mol. The molecule has 2 unspecified atom stereocenters. The highest BCUT2D eigenvalue weighted by molar-refractivity contribution is 7.66. The monoisotopic (exact) mass is 520 g/mol. The van der Waals surface area contributed by atoms with E-state index in [4.69, 9.17) is 30.7 Å². The molecule has 21 heteroatoms. The summed E-state index contributed by atoms with van der Waals surface area (Å²) in [4.78, 5) is 47.9. The van der Waals surface area contributed by atoms with Crippen LogP contribution in [0.5, 0.6) is 0 Å². The molecule has 0 radical (unpaired) electrons. The van der Waals surface area contributed by atoms with Gasteiger partial charge >= 0.3 is 23.5 Å². The Labute approximate surface area is 178 Å². The third kappa shape index (κ3) is 6.08. The van der Waals surface area contributed by atoms with Crippen molar-refractivity contribution >= 4 is 46.4 Å². The maximum absolute atomic E-state index is 11.9. The molecule has 8 N–H and O–H groups in total. The Kier molecular flexibility index (Phi) is 7.08. The third-order valence-electron chi connectivity index (χ3n) is 4.08. The predicted octanol–water partition coefficient (Wildman–Crippen LogP) is -0.363. The van der Waals surface area contributed by atoms with Gasteiger partial charge in [-0.15, -0.1) is 0 Å². The number of nitrogens with zero attached hydrogens (tertiary/aromatic N) is 4. The van der Waals surface area contributed by atoms with Gasteiger partial charge in [0.1, 0.15) is 17.8 Å². The molecule has 3 rings (SSSR count). The number of nitrogens with two attached hydrogens (primary N) is 2. The zero-order valence-electron chi connectivity index (χ0n) is 16.1. The van der Waals surface area contributed by atoms with Crippen LogP contribution in [0.1, 0.15) is 12.6 Å². The van der Waals surface area contributed by atoms with Crippen molar-refractivity contribution < 1.29 is 55.9 Å². The van der Waals surface area contributed by atoms with Crippen LogP contribution in [0.25, 0.3) is 11.2 Å². The minimum atomic E-state index is -5.63. The van der Waals surface area contributed by atoms with E-state index >= 15 is 0 Å². The molecule has 0 spiro atoms. The number of anilines is 2. The van der Waals surface area contributed by atoms with E-state index in [2.05, 4.69) is 28.1 Å². The quantitative estimate of drug-likeness (QED) is 0.230. The summed E-state index contributed by atoms with van der Waals surface area (Å²) in [5, 5.41) is 0. The zero-order chi connectivity index (χ0) is 23.9. The van der Waals surface area contributed by atoms with Crippen LogP contribution < -0.4 is 11.5 Å². The summed E-state index contributed by atoms with van der Waals surface area (Å²) in [6, 6.07) is 0. The lowest BCUT2D eigenvalue weighted by molar-refractivity contribution is -0.0502. The molecule has 1 saturated heterocycles. The summed E-state index contributed by atoms with van der Waals surface area (Å²) in [6.07, 6.45) is -0.828. The molecule has 5 atom stereocenters. The molecule has 18 nitrogen and oxygen atoms in total. The van der Waals surface area contributed by atoms with E-state index in [1.807, 2.05) is 0 Å². The largest absolute Gasteiger partial charge is 0.490 e. The topological polar surface area (TPSA) is 274 Å². The maximum Gasteiger partial charge on any atom is 0.490 e. The molecular weight excluding hydrogens is 501 g/mol. The number of ether oxygens (including phenoxy) is 2. The second-order valence-electron chi connectivity index (χ2n) is 6.32. The SMILES string of the molecule is CO[C@H]1C[C@H](n2cnc3c(N)nc(N)nc32)O[C@@H]1COP(=O)(O)OP(=O)(O)OP(=O)(O)O. The second kappa shape index (κ2) is 9.02. The van der Waals surface area contributed by atoms with Gasteiger partial charge in [-0.1, -0.05) is 0 Å². The molecule has 32 heavy (non-hydrogen) atoms. The molecule has 1 aliphatic rings. The van der Waals surface area contributed by atoms with Gasteiger partial charge in [0, 0.05) is 13.5 Å². The van der Waals surface area contributed by atoms with Crippen LogP contribution in [-0.4, -0.2) is 65.0 Å². The highest BCUT2D eigenvalue weighted by Crippen LogP contribution is 2.66. The van der Waals surface area contributed by atoms with Gasteiger partial charge in [-0.3, -0.25) is 9.09 Å². The highest BCUT2D eigenvalue weighted by Gasteiger charge is 2.43. The molecule has 2 aromatic heterocycles. The first-order valence-corrected chi connectivity index (χ1v) is 12.9. The maximum atomic E-state index is 11.9. The Balaban J connectivity index is 1.70. The number of aromatic nitrogens is 4.